The molecular weight excluding hydrogens is 338 g/mol. The molecule has 1 aromatic heterocycles. The van der Waals surface area contributed by atoms with E-state index in [2.05, 4.69) is 41.5 Å². The third-order valence-electron chi connectivity index (χ3n) is 5.55. The molecule has 1 fully saturated rings. The Bertz CT molecular complexity index is 854. The predicted octanol–water partition coefficient (Wildman–Crippen LogP) is 3.09. The molecule has 0 radical (unpaired) electrons. The number of carbonyl (C=O) groups excluding carboxylic acids is 2. The van der Waals surface area contributed by atoms with Crippen molar-refractivity contribution in [3.8, 4) is 5.69 Å². The third kappa shape index (κ3) is 4.14. The first kappa shape index (κ1) is 19.4. The van der Waals surface area contributed by atoms with Gasteiger partial charge in [-0.3, -0.25) is 14.5 Å². The SMILES string of the molecule is Cc1cc(C)cc(-n2c(C)cc(C(=O)CN3CCC(C(N)=O)CC3)c2C)c1. The summed E-state index contributed by atoms with van der Waals surface area (Å²) in [5.74, 6) is -0.139. The van der Waals surface area contributed by atoms with E-state index in [0.29, 0.717) is 6.54 Å². The summed E-state index contributed by atoms with van der Waals surface area (Å²) in [6, 6.07) is 8.44. The van der Waals surface area contributed by atoms with Crippen LogP contribution in [-0.2, 0) is 4.79 Å². The molecule has 0 atom stereocenters. The number of carbonyl (C=O) groups is 2. The molecule has 5 nitrogen and oxygen atoms in total. The summed E-state index contributed by atoms with van der Waals surface area (Å²) >= 11 is 0. The van der Waals surface area contributed by atoms with Gasteiger partial charge in [0.05, 0.1) is 6.54 Å². The van der Waals surface area contributed by atoms with Crippen LogP contribution < -0.4 is 5.73 Å². The van der Waals surface area contributed by atoms with Crippen LogP contribution in [0.25, 0.3) is 5.69 Å². The fraction of sp³-hybridized carbons (Fsp3) is 0.455. The number of aromatic nitrogens is 1. The first-order chi connectivity index (χ1) is 12.8. The van der Waals surface area contributed by atoms with Gasteiger partial charge in [0.15, 0.2) is 5.78 Å². The quantitative estimate of drug-likeness (QED) is 0.826. The largest absolute Gasteiger partial charge is 0.369 e. The molecule has 1 aliphatic heterocycles. The number of benzene rings is 1. The molecular formula is C22H29N3O2. The van der Waals surface area contributed by atoms with Crippen LogP contribution in [0.1, 0.15) is 45.7 Å². The maximum Gasteiger partial charge on any atom is 0.220 e. The number of rotatable bonds is 5. The minimum Gasteiger partial charge on any atom is -0.369 e. The van der Waals surface area contributed by atoms with E-state index in [4.69, 9.17) is 5.73 Å². The molecule has 27 heavy (non-hydrogen) atoms. The van der Waals surface area contributed by atoms with Gasteiger partial charge in [0.2, 0.25) is 5.91 Å². The summed E-state index contributed by atoms with van der Waals surface area (Å²) in [7, 11) is 0. The lowest BCUT2D eigenvalue weighted by Gasteiger charge is -2.29. The maximum absolute atomic E-state index is 12.9. The summed E-state index contributed by atoms with van der Waals surface area (Å²) in [5, 5.41) is 0. The highest BCUT2D eigenvalue weighted by atomic mass is 16.1. The van der Waals surface area contributed by atoms with Crippen LogP contribution in [0.15, 0.2) is 24.3 Å². The molecule has 2 heterocycles. The Morgan fingerprint density at radius 1 is 1.00 bits per heavy atom. The standard InChI is InChI=1S/C22H29N3O2/c1-14-9-15(2)11-19(10-14)25-16(3)12-20(17(25)4)21(26)13-24-7-5-18(6-8-24)22(23)27/h9-12,18H,5-8,13H2,1-4H3,(H2,23,27). The zero-order valence-corrected chi connectivity index (χ0v) is 16.7. The molecule has 0 bridgehead atoms. The van der Waals surface area contributed by atoms with Gasteiger partial charge >= 0.3 is 0 Å². The normalized spacial score (nSPS) is 15.9. The van der Waals surface area contributed by atoms with E-state index >= 15 is 0 Å². The second-order valence-electron chi connectivity index (χ2n) is 7.84. The Labute approximate surface area is 161 Å². The van der Waals surface area contributed by atoms with Crippen molar-refractivity contribution in [3.63, 3.8) is 0 Å². The van der Waals surface area contributed by atoms with Crippen LogP contribution in [0.2, 0.25) is 0 Å². The fourth-order valence-corrected chi connectivity index (χ4v) is 4.19. The van der Waals surface area contributed by atoms with Crippen LogP contribution in [0.5, 0.6) is 0 Å². The van der Waals surface area contributed by atoms with E-state index in [1.165, 1.54) is 11.1 Å². The van der Waals surface area contributed by atoms with Gasteiger partial charge in [0, 0.05) is 28.6 Å². The second kappa shape index (κ2) is 7.69. The van der Waals surface area contributed by atoms with E-state index in [0.717, 1.165) is 48.6 Å². The highest BCUT2D eigenvalue weighted by molar-refractivity contribution is 5.99. The first-order valence-corrected chi connectivity index (χ1v) is 9.58. The molecule has 1 amide bonds. The highest BCUT2D eigenvalue weighted by Crippen LogP contribution is 2.24. The number of amides is 1. The number of aryl methyl sites for hydroxylation is 3. The average Bonchev–Trinajstić information content (AvgIpc) is 2.89. The van der Waals surface area contributed by atoms with Crippen molar-refractivity contribution in [2.45, 2.75) is 40.5 Å². The smallest absolute Gasteiger partial charge is 0.220 e. The van der Waals surface area contributed by atoms with E-state index in [1.54, 1.807) is 0 Å². The number of primary amides is 1. The molecule has 144 valence electrons. The van der Waals surface area contributed by atoms with Gasteiger partial charge in [0.1, 0.15) is 0 Å². The molecule has 2 aromatic rings. The van der Waals surface area contributed by atoms with Crippen molar-refractivity contribution < 1.29 is 9.59 Å². The summed E-state index contributed by atoms with van der Waals surface area (Å²) < 4.78 is 2.16. The lowest BCUT2D eigenvalue weighted by atomic mass is 9.96. The van der Waals surface area contributed by atoms with Crippen molar-refractivity contribution in [2.75, 3.05) is 19.6 Å². The van der Waals surface area contributed by atoms with Gasteiger partial charge in [0.25, 0.3) is 0 Å². The monoisotopic (exact) mass is 367 g/mol. The van der Waals surface area contributed by atoms with Crippen molar-refractivity contribution in [3.05, 3.63) is 52.3 Å². The lowest BCUT2D eigenvalue weighted by Crippen LogP contribution is -2.40. The minimum absolute atomic E-state index is 0.0500. The van der Waals surface area contributed by atoms with Gasteiger partial charge < -0.3 is 10.3 Å². The van der Waals surface area contributed by atoms with Crippen LogP contribution in [0.4, 0.5) is 0 Å². The molecule has 0 spiro atoms. The molecule has 1 saturated heterocycles. The Hall–Kier alpha value is -2.40. The molecule has 0 unspecified atom stereocenters. The van der Waals surface area contributed by atoms with Crippen molar-refractivity contribution >= 4 is 11.7 Å². The third-order valence-corrected chi connectivity index (χ3v) is 5.55. The predicted molar refractivity (Wildman–Crippen MR) is 107 cm³/mol. The van der Waals surface area contributed by atoms with Crippen molar-refractivity contribution in [2.24, 2.45) is 11.7 Å². The number of nitrogens with two attached hydrogens (primary N) is 1. The minimum atomic E-state index is -0.224. The zero-order valence-electron chi connectivity index (χ0n) is 16.7. The van der Waals surface area contributed by atoms with Gasteiger partial charge in [-0.25, -0.2) is 0 Å². The molecule has 2 N–H and O–H groups in total. The average molecular weight is 367 g/mol. The van der Waals surface area contributed by atoms with Gasteiger partial charge in [-0.2, -0.15) is 0 Å². The molecule has 3 rings (SSSR count). The van der Waals surface area contributed by atoms with E-state index in [1.807, 2.05) is 19.9 Å². The Balaban J connectivity index is 1.78. The molecule has 0 aliphatic carbocycles. The van der Waals surface area contributed by atoms with Gasteiger partial charge in [-0.15, -0.1) is 0 Å². The number of hydrogen-bond donors (Lipinski definition) is 1. The van der Waals surface area contributed by atoms with E-state index in [9.17, 15) is 9.59 Å². The molecule has 1 aliphatic rings. The fourth-order valence-electron chi connectivity index (χ4n) is 4.19. The van der Waals surface area contributed by atoms with Crippen LogP contribution in [0.3, 0.4) is 0 Å². The summed E-state index contributed by atoms with van der Waals surface area (Å²) in [6.45, 7) is 10.1. The second-order valence-corrected chi connectivity index (χ2v) is 7.84. The molecule has 1 aromatic carbocycles. The van der Waals surface area contributed by atoms with Gasteiger partial charge in [-0.1, -0.05) is 6.07 Å². The van der Waals surface area contributed by atoms with Crippen LogP contribution in [0, 0.1) is 33.6 Å². The number of ketones is 1. The summed E-state index contributed by atoms with van der Waals surface area (Å²) in [5.41, 5.74) is 11.7. The topological polar surface area (TPSA) is 68.3 Å². The Kier molecular flexibility index (Phi) is 5.51. The van der Waals surface area contributed by atoms with E-state index in [-0.39, 0.29) is 17.6 Å². The lowest BCUT2D eigenvalue weighted by molar-refractivity contribution is -0.123. The Morgan fingerprint density at radius 2 is 1.59 bits per heavy atom. The van der Waals surface area contributed by atoms with Crippen molar-refractivity contribution in [1.29, 1.82) is 0 Å². The number of hydrogen-bond acceptors (Lipinski definition) is 3. The van der Waals surface area contributed by atoms with Crippen molar-refractivity contribution in [1.82, 2.24) is 9.47 Å². The van der Waals surface area contributed by atoms with Crippen LogP contribution >= 0.6 is 0 Å². The molecule has 0 saturated carbocycles. The Morgan fingerprint density at radius 3 is 2.15 bits per heavy atom. The number of likely N-dealkylation sites (tertiary alicyclic amines) is 1. The number of nitrogens with zero attached hydrogens (tertiary/aromatic N) is 2. The number of piperidine rings is 1. The highest BCUT2D eigenvalue weighted by Gasteiger charge is 2.25. The maximum atomic E-state index is 12.9. The number of Topliss-reactive ketones (excluding diaryl/α,β-unsaturated/α-hetero) is 1. The first-order valence-electron chi connectivity index (χ1n) is 9.58. The van der Waals surface area contributed by atoms with Crippen LogP contribution in [-0.4, -0.2) is 40.8 Å². The molecule has 5 heteroatoms. The van der Waals surface area contributed by atoms with Gasteiger partial charge in [-0.05, 0) is 83.0 Å². The van der Waals surface area contributed by atoms with E-state index < -0.39 is 0 Å². The zero-order chi connectivity index (χ0) is 19.7. The summed E-state index contributed by atoms with van der Waals surface area (Å²) in [4.78, 5) is 26.4. The summed E-state index contributed by atoms with van der Waals surface area (Å²) in [6.07, 6.45) is 1.48.